The van der Waals surface area contributed by atoms with E-state index >= 15 is 0 Å². The number of hydrogen-bond donors (Lipinski definition) is 0. The van der Waals surface area contributed by atoms with E-state index in [4.69, 9.17) is 14.2 Å². The minimum atomic E-state index is -0.530. The van der Waals surface area contributed by atoms with Crippen LogP contribution in [0.3, 0.4) is 0 Å². The second kappa shape index (κ2) is 9.13. The summed E-state index contributed by atoms with van der Waals surface area (Å²) in [6.07, 6.45) is 1.44. The number of carbonyl (C=O) groups excluding carboxylic acids is 2. The van der Waals surface area contributed by atoms with Gasteiger partial charge in [-0.05, 0) is 29.3 Å². The fraction of sp³-hybridized carbons (Fsp3) is 0.0833. The molecule has 8 nitrogen and oxygen atoms in total. The third-order valence-electron chi connectivity index (χ3n) is 4.62. The Hall–Kier alpha value is -4.46. The van der Waals surface area contributed by atoms with Gasteiger partial charge in [-0.3, -0.25) is 14.9 Å². The number of Topliss-reactive ketones (excluding diaryl/α,β-unsaturated/α-hetero) is 1. The number of ether oxygens (including phenoxy) is 3. The molecule has 0 atom stereocenters. The van der Waals surface area contributed by atoms with E-state index in [1.807, 2.05) is 30.3 Å². The summed E-state index contributed by atoms with van der Waals surface area (Å²) in [7, 11) is 0. The molecule has 0 unspecified atom stereocenters. The van der Waals surface area contributed by atoms with E-state index in [-0.39, 0.29) is 36.2 Å². The molecule has 0 radical (unpaired) electrons. The first kappa shape index (κ1) is 20.8. The number of non-ortho nitro benzene ring substituents is 1. The van der Waals surface area contributed by atoms with E-state index < -0.39 is 10.9 Å². The Morgan fingerprint density at radius 2 is 1.84 bits per heavy atom. The lowest BCUT2D eigenvalue weighted by Crippen LogP contribution is -2.14. The summed E-state index contributed by atoms with van der Waals surface area (Å²) >= 11 is 0. The van der Waals surface area contributed by atoms with Crippen molar-refractivity contribution in [1.29, 1.82) is 0 Å². The molecule has 0 fully saturated rings. The predicted molar refractivity (Wildman–Crippen MR) is 114 cm³/mol. The van der Waals surface area contributed by atoms with E-state index in [2.05, 4.69) is 0 Å². The molecular weight excluding hydrogens is 414 g/mol. The van der Waals surface area contributed by atoms with Crippen molar-refractivity contribution in [3.63, 3.8) is 0 Å². The Kier molecular flexibility index (Phi) is 5.94. The lowest BCUT2D eigenvalue weighted by Gasteiger charge is -2.08. The number of nitro benzene ring substituents is 1. The Labute approximate surface area is 182 Å². The van der Waals surface area contributed by atoms with Crippen molar-refractivity contribution in [3.05, 3.63) is 105 Å². The summed E-state index contributed by atoms with van der Waals surface area (Å²) in [5, 5.41) is 10.9. The molecule has 1 heterocycles. The molecule has 160 valence electrons. The van der Waals surface area contributed by atoms with Gasteiger partial charge in [0.15, 0.2) is 12.4 Å². The van der Waals surface area contributed by atoms with Crippen LogP contribution in [0.25, 0.3) is 6.08 Å². The SMILES string of the molecule is O=C(COc1ccc2c(c1)OC(=Cc1cccc([N+](=O)[O-])c1)C2=O)OCc1ccccc1. The molecule has 0 spiro atoms. The first-order chi connectivity index (χ1) is 15.5. The van der Waals surface area contributed by atoms with Crippen LogP contribution in [0.4, 0.5) is 5.69 Å². The standard InChI is InChI=1S/C24H17NO7/c26-23(31-14-16-5-2-1-3-6-16)15-30-19-9-10-20-21(13-19)32-22(24(20)27)12-17-7-4-8-18(11-17)25(28)29/h1-13H,14-15H2. The van der Waals surface area contributed by atoms with Gasteiger partial charge in [0.2, 0.25) is 5.78 Å². The van der Waals surface area contributed by atoms with Crippen LogP contribution in [-0.2, 0) is 16.1 Å². The maximum Gasteiger partial charge on any atom is 0.344 e. The second-order valence-corrected chi connectivity index (χ2v) is 6.88. The van der Waals surface area contributed by atoms with E-state index in [0.29, 0.717) is 16.9 Å². The Morgan fingerprint density at radius 1 is 1.03 bits per heavy atom. The zero-order valence-corrected chi connectivity index (χ0v) is 16.7. The van der Waals surface area contributed by atoms with Crippen molar-refractivity contribution in [1.82, 2.24) is 0 Å². The van der Waals surface area contributed by atoms with Gasteiger partial charge in [-0.25, -0.2) is 4.79 Å². The Balaban J connectivity index is 1.39. The highest BCUT2D eigenvalue weighted by Crippen LogP contribution is 2.35. The van der Waals surface area contributed by atoms with Gasteiger partial charge in [0, 0.05) is 18.2 Å². The molecule has 3 aromatic carbocycles. The van der Waals surface area contributed by atoms with Crippen LogP contribution in [0.15, 0.2) is 78.6 Å². The fourth-order valence-electron chi connectivity index (χ4n) is 3.06. The highest BCUT2D eigenvalue weighted by Gasteiger charge is 2.28. The van der Waals surface area contributed by atoms with Crippen LogP contribution in [0.5, 0.6) is 11.5 Å². The number of allylic oxidation sites excluding steroid dienone is 1. The molecule has 1 aliphatic rings. The molecule has 4 rings (SSSR count). The summed E-state index contributed by atoms with van der Waals surface area (Å²) in [5.41, 5.74) is 1.58. The maximum absolute atomic E-state index is 12.6. The number of rotatable bonds is 7. The van der Waals surface area contributed by atoms with Crippen molar-refractivity contribution in [2.75, 3.05) is 6.61 Å². The average Bonchev–Trinajstić information content (AvgIpc) is 3.11. The van der Waals surface area contributed by atoms with Crippen LogP contribution < -0.4 is 9.47 Å². The summed E-state index contributed by atoms with van der Waals surface area (Å²) in [5.74, 6) is -0.218. The smallest absolute Gasteiger partial charge is 0.344 e. The highest BCUT2D eigenvalue weighted by atomic mass is 16.6. The first-order valence-corrected chi connectivity index (χ1v) is 9.65. The Morgan fingerprint density at radius 3 is 2.62 bits per heavy atom. The predicted octanol–water partition coefficient (Wildman–Crippen LogP) is 4.33. The van der Waals surface area contributed by atoms with Crippen molar-refractivity contribution in [2.24, 2.45) is 0 Å². The number of nitrogens with zero attached hydrogens (tertiary/aromatic N) is 1. The van der Waals surface area contributed by atoms with Gasteiger partial charge in [0.25, 0.3) is 5.69 Å². The average molecular weight is 431 g/mol. The minimum absolute atomic E-state index is 0.0416. The van der Waals surface area contributed by atoms with Gasteiger partial charge in [-0.2, -0.15) is 0 Å². The molecule has 3 aromatic rings. The number of nitro groups is 1. The van der Waals surface area contributed by atoms with Crippen molar-refractivity contribution >= 4 is 23.5 Å². The van der Waals surface area contributed by atoms with E-state index in [9.17, 15) is 19.7 Å². The summed E-state index contributed by atoms with van der Waals surface area (Å²) in [4.78, 5) is 34.9. The number of esters is 1. The zero-order chi connectivity index (χ0) is 22.5. The molecule has 0 amide bonds. The van der Waals surface area contributed by atoms with Crippen molar-refractivity contribution < 1.29 is 28.7 Å². The van der Waals surface area contributed by atoms with Crippen LogP contribution in [-0.4, -0.2) is 23.3 Å². The van der Waals surface area contributed by atoms with Crippen molar-refractivity contribution in [3.8, 4) is 11.5 Å². The molecule has 32 heavy (non-hydrogen) atoms. The van der Waals surface area contributed by atoms with E-state index in [1.165, 1.54) is 36.4 Å². The van der Waals surface area contributed by atoms with Crippen LogP contribution in [0.2, 0.25) is 0 Å². The molecule has 8 heteroatoms. The van der Waals surface area contributed by atoms with Gasteiger partial charge in [0.05, 0.1) is 10.5 Å². The lowest BCUT2D eigenvalue weighted by atomic mass is 10.1. The van der Waals surface area contributed by atoms with Gasteiger partial charge in [0.1, 0.15) is 18.1 Å². The summed E-state index contributed by atoms with van der Waals surface area (Å²) < 4.78 is 16.2. The monoisotopic (exact) mass is 431 g/mol. The molecule has 0 N–H and O–H groups in total. The van der Waals surface area contributed by atoms with E-state index in [0.717, 1.165) is 5.56 Å². The Bertz CT molecular complexity index is 1220. The molecular formula is C24H17NO7. The second-order valence-electron chi connectivity index (χ2n) is 6.88. The third-order valence-corrected chi connectivity index (χ3v) is 4.62. The van der Waals surface area contributed by atoms with Gasteiger partial charge >= 0.3 is 5.97 Å². The lowest BCUT2D eigenvalue weighted by molar-refractivity contribution is -0.384. The van der Waals surface area contributed by atoms with Gasteiger partial charge in [-0.15, -0.1) is 0 Å². The number of carbonyl (C=O) groups is 2. The number of hydrogen-bond acceptors (Lipinski definition) is 7. The number of fused-ring (bicyclic) bond motifs is 1. The first-order valence-electron chi connectivity index (χ1n) is 9.65. The van der Waals surface area contributed by atoms with Gasteiger partial charge < -0.3 is 14.2 Å². The van der Waals surface area contributed by atoms with Crippen LogP contribution >= 0.6 is 0 Å². The third kappa shape index (κ3) is 4.81. The molecule has 0 aliphatic carbocycles. The topological polar surface area (TPSA) is 105 Å². The normalized spacial score (nSPS) is 13.4. The molecule has 0 aromatic heterocycles. The number of benzene rings is 3. The maximum atomic E-state index is 12.6. The fourth-order valence-corrected chi connectivity index (χ4v) is 3.06. The van der Waals surface area contributed by atoms with Crippen LogP contribution in [0.1, 0.15) is 21.5 Å². The number of ketones is 1. The highest BCUT2D eigenvalue weighted by molar-refractivity contribution is 6.14. The zero-order valence-electron chi connectivity index (χ0n) is 16.7. The molecule has 0 saturated heterocycles. The van der Waals surface area contributed by atoms with Crippen LogP contribution in [0, 0.1) is 10.1 Å². The molecule has 0 bridgehead atoms. The van der Waals surface area contributed by atoms with Crippen molar-refractivity contribution in [2.45, 2.75) is 6.61 Å². The quantitative estimate of drug-likeness (QED) is 0.237. The van der Waals surface area contributed by atoms with E-state index in [1.54, 1.807) is 12.1 Å². The van der Waals surface area contributed by atoms with Gasteiger partial charge in [-0.1, -0.05) is 42.5 Å². The summed E-state index contributed by atoms with van der Waals surface area (Å²) in [6.45, 7) is -0.146. The largest absolute Gasteiger partial charge is 0.482 e. The molecule has 0 saturated carbocycles. The molecule has 1 aliphatic heterocycles. The minimum Gasteiger partial charge on any atom is -0.482 e. The summed E-state index contributed by atoms with van der Waals surface area (Å²) in [6, 6.07) is 19.8.